The third-order valence-corrected chi connectivity index (χ3v) is 5.26. The van der Waals surface area contributed by atoms with Gasteiger partial charge in [0.05, 0.1) is 19.1 Å². The van der Waals surface area contributed by atoms with E-state index in [1.807, 2.05) is 0 Å². The van der Waals surface area contributed by atoms with Crippen LogP contribution < -0.4 is 15.4 Å². The van der Waals surface area contributed by atoms with E-state index in [1.165, 1.54) is 12.8 Å². The van der Waals surface area contributed by atoms with Crippen molar-refractivity contribution in [2.75, 3.05) is 19.7 Å². The first-order valence-electron chi connectivity index (χ1n) is 11.1. The summed E-state index contributed by atoms with van der Waals surface area (Å²) < 4.78 is 10.8. The summed E-state index contributed by atoms with van der Waals surface area (Å²) >= 11 is 5.38. The Bertz CT molecular complexity index is 797. The number of hydrogen-bond donors (Lipinski definition) is 2. The molecule has 1 aliphatic rings. The highest BCUT2D eigenvalue weighted by Gasteiger charge is 2.34. The van der Waals surface area contributed by atoms with E-state index >= 15 is 0 Å². The van der Waals surface area contributed by atoms with E-state index in [2.05, 4.69) is 17.6 Å². The lowest BCUT2D eigenvalue weighted by atomic mass is 10.1. The highest BCUT2D eigenvalue weighted by Crippen LogP contribution is 2.15. The van der Waals surface area contributed by atoms with E-state index in [4.69, 9.17) is 21.7 Å². The van der Waals surface area contributed by atoms with Gasteiger partial charge in [-0.2, -0.15) is 0 Å². The molecule has 1 aromatic carbocycles. The van der Waals surface area contributed by atoms with Crippen LogP contribution in [0.3, 0.4) is 0 Å². The molecule has 2 amide bonds. The van der Waals surface area contributed by atoms with E-state index in [-0.39, 0.29) is 29.5 Å². The van der Waals surface area contributed by atoms with Gasteiger partial charge in [-0.15, -0.1) is 0 Å². The molecule has 9 heteroatoms. The Morgan fingerprint density at radius 2 is 1.94 bits per heavy atom. The number of amides is 2. The first kappa shape index (κ1) is 25.6. The molecule has 1 atom stereocenters. The number of hydrogen-bond acceptors (Lipinski definition) is 6. The monoisotopic (exact) mass is 463 g/mol. The number of nitrogens with zero attached hydrogens (tertiary/aromatic N) is 1. The molecule has 8 nitrogen and oxygen atoms in total. The van der Waals surface area contributed by atoms with Crippen LogP contribution in [0.2, 0.25) is 0 Å². The molecule has 2 rings (SSSR count). The summed E-state index contributed by atoms with van der Waals surface area (Å²) in [5.74, 6) is -0.503. The summed E-state index contributed by atoms with van der Waals surface area (Å²) in [6.45, 7) is 7.04. The van der Waals surface area contributed by atoms with Crippen LogP contribution in [0.4, 0.5) is 0 Å². The van der Waals surface area contributed by atoms with Crippen LogP contribution in [0.25, 0.3) is 0 Å². The van der Waals surface area contributed by atoms with Crippen LogP contribution in [0.15, 0.2) is 24.3 Å². The molecule has 1 fully saturated rings. The number of carbonyl (C=O) groups excluding carboxylic acids is 3. The second-order valence-corrected chi connectivity index (χ2v) is 8.32. The normalized spacial score (nSPS) is 15.8. The third kappa shape index (κ3) is 8.11. The fraction of sp³-hybridized carbons (Fsp3) is 0.565. The number of esters is 1. The van der Waals surface area contributed by atoms with Crippen molar-refractivity contribution in [3.05, 3.63) is 29.8 Å². The Morgan fingerprint density at radius 1 is 1.22 bits per heavy atom. The van der Waals surface area contributed by atoms with Crippen LogP contribution in [0, 0.1) is 0 Å². The van der Waals surface area contributed by atoms with Gasteiger partial charge in [-0.1, -0.05) is 26.2 Å². The van der Waals surface area contributed by atoms with Gasteiger partial charge < -0.3 is 19.7 Å². The van der Waals surface area contributed by atoms with Crippen LogP contribution in [0.1, 0.15) is 63.2 Å². The minimum atomic E-state index is -0.828. The van der Waals surface area contributed by atoms with Gasteiger partial charge in [0.2, 0.25) is 5.91 Å². The molecule has 2 N–H and O–H groups in total. The molecule has 0 aromatic heterocycles. The number of ether oxygens (including phenoxy) is 2. The van der Waals surface area contributed by atoms with Gasteiger partial charge in [0.15, 0.2) is 5.11 Å². The lowest BCUT2D eigenvalue weighted by Gasteiger charge is -2.36. The summed E-state index contributed by atoms with van der Waals surface area (Å²) in [5.41, 5.74) is 0.419. The van der Waals surface area contributed by atoms with Crippen LogP contribution in [-0.2, 0) is 14.3 Å². The maximum Gasteiger partial charge on any atom is 0.308 e. The quantitative estimate of drug-likeness (QED) is 0.313. The zero-order chi connectivity index (χ0) is 23.5. The average molecular weight is 464 g/mol. The first-order chi connectivity index (χ1) is 15.3. The van der Waals surface area contributed by atoms with E-state index < -0.39 is 12.0 Å². The molecule has 1 unspecified atom stereocenters. The van der Waals surface area contributed by atoms with Crippen molar-refractivity contribution < 1.29 is 23.9 Å². The number of piperazine rings is 1. The third-order valence-electron chi connectivity index (χ3n) is 4.92. The summed E-state index contributed by atoms with van der Waals surface area (Å²) in [5, 5.41) is 5.48. The smallest absolute Gasteiger partial charge is 0.308 e. The molecule has 0 saturated carbocycles. The van der Waals surface area contributed by atoms with Gasteiger partial charge in [0.1, 0.15) is 11.8 Å². The van der Waals surface area contributed by atoms with Gasteiger partial charge in [0, 0.05) is 18.7 Å². The number of benzene rings is 1. The highest BCUT2D eigenvalue weighted by molar-refractivity contribution is 7.80. The van der Waals surface area contributed by atoms with Crippen molar-refractivity contribution in [2.45, 2.75) is 65.0 Å². The maximum atomic E-state index is 12.6. The van der Waals surface area contributed by atoms with Crippen LogP contribution in [-0.4, -0.2) is 59.6 Å². The fourth-order valence-corrected chi connectivity index (χ4v) is 3.60. The van der Waals surface area contributed by atoms with Gasteiger partial charge >= 0.3 is 5.97 Å². The molecule has 176 valence electrons. The van der Waals surface area contributed by atoms with E-state index in [1.54, 1.807) is 43.0 Å². The standard InChI is InChI=1S/C23H33N3O5S/c1-4-5-6-7-14-30-18-10-8-17(9-11-18)21(28)25-23(32)26-13-12-24-22(29)19(26)15-20(27)31-16(2)3/h8-11,16,19H,4-7,12-15H2,1-3H3,(H,24,29)(H,25,28,32). The van der Waals surface area contributed by atoms with Crippen LogP contribution >= 0.6 is 12.2 Å². The number of nitrogens with one attached hydrogen (secondary N) is 2. The molecule has 1 aliphatic heterocycles. The van der Waals surface area contributed by atoms with Crippen molar-refractivity contribution in [3.63, 3.8) is 0 Å². The molecule has 0 aliphatic carbocycles. The molecule has 32 heavy (non-hydrogen) atoms. The average Bonchev–Trinajstić information content (AvgIpc) is 2.74. The van der Waals surface area contributed by atoms with Gasteiger partial charge in [-0.3, -0.25) is 19.7 Å². The minimum absolute atomic E-state index is 0.100. The van der Waals surface area contributed by atoms with Crippen molar-refractivity contribution in [1.82, 2.24) is 15.5 Å². The SMILES string of the molecule is CCCCCCOc1ccc(C(=O)NC(=S)N2CCNC(=O)C2CC(=O)OC(C)C)cc1. The van der Waals surface area contributed by atoms with Gasteiger partial charge in [0.25, 0.3) is 5.91 Å². The molecular formula is C23H33N3O5S. The van der Waals surface area contributed by atoms with Crippen molar-refractivity contribution >= 4 is 35.1 Å². The van der Waals surface area contributed by atoms with Crippen molar-refractivity contribution in [1.29, 1.82) is 0 Å². The number of unbranched alkanes of at least 4 members (excludes halogenated alkanes) is 3. The first-order valence-corrected chi connectivity index (χ1v) is 11.5. The molecule has 1 aromatic rings. The Hall–Kier alpha value is -2.68. The van der Waals surface area contributed by atoms with Crippen molar-refractivity contribution in [2.24, 2.45) is 0 Å². The zero-order valence-electron chi connectivity index (χ0n) is 19.0. The molecule has 0 spiro atoms. The Labute approximate surface area is 195 Å². The second-order valence-electron chi connectivity index (χ2n) is 7.94. The topological polar surface area (TPSA) is 97.0 Å². The lowest BCUT2D eigenvalue weighted by molar-refractivity contribution is -0.150. The predicted molar refractivity (Wildman–Crippen MR) is 125 cm³/mol. The largest absolute Gasteiger partial charge is 0.494 e. The lowest BCUT2D eigenvalue weighted by Crippen LogP contribution is -2.60. The Kier molecular flexibility index (Phi) is 10.4. The number of carbonyl (C=O) groups is 3. The number of rotatable bonds is 10. The van der Waals surface area contributed by atoms with Gasteiger partial charge in [-0.05, 0) is 56.8 Å². The summed E-state index contributed by atoms with van der Waals surface area (Å²) in [7, 11) is 0. The molecule has 0 radical (unpaired) electrons. The van der Waals surface area contributed by atoms with Crippen LogP contribution in [0.5, 0.6) is 5.75 Å². The Morgan fingerprint density at radius 3 is 2.59 bits per heavy atom. The molecule has 0 bridgehead atoms. The van der Waals surface area contributed by atoms with E-state index in [0.29, 0.717) is 31.0 Å². The van der Waals surface area contributed by atoms with E-state index in [9.17, 15) is 14.4 Å². The fourth-order valence-electron chi connectivity index (χ4n) is 3.29. The maximum absolute atomic E-state index is 12.6. The number of thiocarbonyl (C=S) groups is 1. The van der Waals surface area contributed by atoms with Gasteiger partial charge in [-0.25, -0.2) is 0 Å². The summed E-state index contributed by atoms with van der Waals surface area (Å²) in [6, 6.07) is 6.00. The summed E-state index contributed by atoms with van der Waals surface area (Å²) in [4.78, 5) is 38.6. The highest BCUT2D eigenvalue weighted by atomic mass is 32.1. The zero-order valence-corrected chi connectivity index (χ0v) is 19.8. The predicted octanol–water partition coefficient (Wildman–Crippen LogP) is 2.80. The second kappa shape index (κ2) is 13.0. The van der Waals surface area contributed by atoms with Crippen molar-refractivity contribution in [3.8, 4) is 5.75 Å². The summed E-state index contributed by atoms with van der Waals surface area (Å²) in [6.07, 6.45) is 4.08. The minimum Gasteiger partial charge on any atom is -0.494 e. The Balaban J connectivity index is 1.92. The van der Waals surface area contributed by atoms with E-state index in [0.717, 1.165) is 12.8 Å². The molecular weight excluding hydrogens is 430 g/mol. The molecule has 1 saturated heterocycles. The molecule has 1 heterocycles.